The minimum Gasteiger partial charge on any atom is -0.208 e. The number of thiophene rings is 1. The van der Waals surface area contributed by atoms with Crippen molar-refractivity contribution in [2.45, 2.75) is 43.9 Å². The average Bonchev–Trinajstić information content (AvgIpc) is 2.62. The molecular weight excluding hydrogens is 278 g/mol. The summed E-state index contributed by atoms with van der Waals surface area (Å²) in [5.74, 6) is 0.582. The first-order valence-electron chi connectivity index (χ1n) is 5.59. The highest BCUT2D eigenvalue weighted by Gasteiger charge is 2.19. The van der Waals surface area contributed by atoms with Crippen molar-refractivity contribution in [1.29, 1.82) is 0 Å². The molecule has 0 saturated heterocycles. The molecule has 98 valence electrons. The van der Waals surface area contributed by atoms with Gasteiger partial charge in [-0.2, -0.15) is 0 Å². The van der Waals surface area contributed by atoms with Gasteiger partial charge in [0.25, 0.3) is 0 Å². The molecule has 1 aromatic rings. The fraction of sp³-hybridized carbons (Fsp3) is 0.636. The van der Waals surface area contributed by atoms with Crippen molar-refractivity contribution in [3.05, 3.63) is 16.5 Å². The molecule has 1 aromatic heterocycles. The third kappa shape index (κ3) is 4.95. The highest BCUT2D eigenvalue weighted by atomic mass is 35.5. The van der Waals surface area contributed by atoms with Crippen molar-refractivity contribution in [3.63, 3.8) is 0 Å². The van der Waals surface area contributed by atoms with Gasteiger partial charge < -0.3 is 0 Å². The molecule has 0 aliphatic carbocycles. The fourth-order valence-electron chi connectivity index (χ4n) is 1.41. The lowest BCUT2D eigenvalue weighted by Gasteiger charge is -2.14. The van der Waals surface area contributed by atoms with Crippen LogP contribution < -0.4 is 4.72 Å². The van der Waals surface area contributed by atoms with Gasteiger partial charge in [-0.05, 0) is 37.8 Å². The third-order valence-corrected chi connectivity index (χ3v) is 5.66. The minimum atomic E-state index is -3.40. The SMILES string of the molecule is CC(C)CCC(C)NS(=O)(=O)c1ccc(Cl)s1. The summed E-state index contributed by atoms with van der Waals surface area (Å²) in [5.41, 5.74) is 0. The lowest BCUT2D eigenvalue weighted by molar-refractivity contribution is 0.486. The summed E-state index contributed by atoms with van der Waals surface area (Å²) in [6.07, 6.45) is 1.85. The van der Waals surface area contributed by atoms with Crippen LogP contribution >= 0.6 is 22.9 Å². The summed E-state index contributed by atoms with van der Waals surface area (Å²) in [6, 6.07) is 3.08. The van der Waals surface area contributed by atoms with Gasteiger partial charge in [0.2, 0.25) is 10.0 Å². The maximum Gasteiger partial charge on any atom is 0.250 e. The Kier molecular flexibility index (Phi) is 5.44. The number of hydrogen-bond donors (Lipinski definition) is 1. The van der Waals surface area contributed by atoms with Crippen molar-refractivity contribution in [1.82, 2.24) is 4.72 Å². The minimum absolute atomic E-state index is 0.0525. The van der Waals surface area contributed by atoms with E-state index < -0.39 is 10.0 Å². The molecule has 0 fully saturated rings. The average molecular weight is 296 g/mol. The van der Waals surface area contributed by atoms with Gasteiger partial charge >= 0.3 is 0 Å². The van der Waals surface area contributed by atoms with E-state index in [4.69, 9.17) is 11.6 Å². The van der Waals surface area contributed by atoms with Crippen molar-refractivity contribution < 1.29 is 8.42 Å². The first-order valence-corrected chi connectivity index (χ1v) is 8.26. The van der Waals surface area contributed by atoms with E-state index >= 15 is 0 Å². The predicted molar refractivity (Wildman–Crippen MR) is 73.2 cm³/mol. The Morgan fingerprint density at radius 3 is 2.41 bits per heavy atom. The van der Waals surface area contributed by atoms with Crippen LogP contribution in [0.3, 0.4) is 0 Å². The van der Waals surface area contributed by atoms with Crippen LogP contribution in [0.4, 0.5) is 0 Å². The lowest BCUT2D eigenvalue weighted by Crippen LogP contribution is -2.32. The van der Waals surface area contributed by atoms with E-state index in [1.165, 1.54) is 6.07 Å². The molecule has 0 spiro atoms. The summed E-state index contributed by atoms with van der Waals surface area (Å²) < 4.78 is 27.3. The van der Waals surface area contributed by atoms with Gasteiger partial charge in [0, 0.05) is 6.04 Å². The van der Waals surface area contributed by atoms with Crippen molar-refractivity contribution in [2.24, 2.45) is 5.92 Å². The standard InChI is InChI=1S/C11H18ClNO2S2/c1-8(2)4-5-9(3)13-17(14,15)11-7-6-10(12)16-11/h6-9,13H,4-5H2,1-3H3. The van der Waals surface area contributed by atoms with E-state index in [1.54, 1.807) is 6.07 Å². The summed E-state index contributed by atoms with van der Waals surface area (Å²) >= 11 is 6.81. The van der Waals surface area contributed by atoms with Crippen LogP contribution in [0.15, 0.2) is 16.3 Å². The first-order chi connectivity index (χ1) is 7.81. The van der Waals surface area contributed by atoms with Crippen molar-refractivity contribution in [2.75, 3.05) is 0 Å². The van der Waals surface area contributed by atoms with Crippen LogP contribution in [0.25, 0.3) is 0 Å². The number of sulfonamides is 1. The molecule has 0 aliphatic heterocycles. The maximum atomic E-state index is 11.9. The van der Waals surface area contributed by atoms with E-state index in [0.717, 1.165) is 24.2 Å². The number of rotatable bonds is 6. The molecule has 17 heavy (non-hydrogen) atoms. The number of hydrogen-bond acceptors (Lipinski definition) is 3. The van der Waals surface area contributed by atoms with Crippen LogP contribution in [0.2, 0.25) is 4.34 Å². The molecule has 0 bridgehead atoms. The topological polar surface area (TPSA) is 46.2 Å². The van der Waals surface area contributed by atoms with Crippen LogP contribution in [-0.4, -0.2) is 14.5 Å². The Bertz CT molecular complexity index is 454. The van der Waals surface area contributed by atoms with E-state index in [0.29, 0.717) is 10.3 Å². The van der Waals surface area contributed by atoms with Gasteiger partial charge in [-0.15, -0.1) is 11.3 Å². The van der Waals surface area contributed by atoms with Crippen LogP contribution in [0.5, 0.6) is 0 Å². The third-order valence-electron chi connectivity index (χ3n) is 2.35. The smallest absolute Gasteiger partial charge is 0.208 e. The maximum absolute atomic E-state index is 11.9. The molecule has 1 rings (SSSR count). The summed E-state index contributed by atoms with van der Waals surface area (Å²) in [6.45, 7) is 6.13. The molecule has 1 heterocycles. The molecule has 0 aromatic carbocycles. The Balaban J connectivity index is 2.61. The van der Waals surface area contributed by atoms with Gasteiger partial charge in [-0.25, -0.2) is 13.1 Å². The fourth-order valence-corrected chi connectivity index (χ4v) is 4.18. The lowest BCUT2D eigenvalue weighted by atomic mass is 10.1. The normalized spacial score (nSPS) is 14.2. The first kappa shape index (κ1) is 15.0. The number of nitrogens with one attached hydrogen (secondary N) is 1. The van der Waals surface area contributed by atoms with Gasteiger partial charge in [-0.3, -0.25) is 0 Å². The Morgan fingerprint density at radius 1 is 1.29 bits per heavy atom. The highest BCUT2D eigenvalue weighted by molar-refractivity contribution is 7.91. The van der Waals surface area contributed by atoms with Crippen LogP contribution in [-0.2, 0) is 10.0 Å². The Hall–Kier alpha value is -0.100. The molecule has 3 nitrogen and oxygen atoms in total. The Labute approximate surface area is 112 Å². The van der Waals surface area contributed by atoms with E-state index in [-0.39, 0.29) is 10.3 Å². The zero-order valence-electron chi connectivity index (χ0n) is 10.2. The van der Waals surface area contributed by atoms with Crippen LogP contribution in [0.1, 0.15) is 33.6 Å². The van der Waals surface area contributed by atoms with Gasteiger partial charge in [0.05, 0.1) is 4.34 Å². The van der Waals surface area contributed by atoms with E-state index in [9.17, 15) is 8.42 Å². The molecule has 1 N–H and O–H groups in total. The highest BCUT2D eigenvalue weighted by Crippen LogP contribution is 2.25. The molecule has 0 aliphatic rings. The summed E-state index contributed by atoms with van der Waals surface area (Å²) in [5, 5.41) is 0. The molecule has 0 amide bonds. The molecule has 1 atom stereocenters. The summed E-state index contributed by atoms with van der Waals surface area (Å²) in [7, 11) is -3.40. The molecule has 6 heteroatoms. The van der Waals surface area contributed by atoms with Crippen molar-refractivity contribution in [3.8, 4) is 0 Å². The zero-order valence-corrected chi connectivity index (χ0v) is 12.6. The zero-order chi connectivity index (χ0) is 13.1. The largest absolute Gasteiger partial charge is 0.250 e. The van der Waals surface area contributed by atoms with Gasteiger partial charge in [0.15, 0.2) is 0 Å². The van der Waals surface area contributed by atoms with Crippen molar-refractivity contribution >= 4 is 33.0 Å². The van der Waals surface area contributed by atoms with E-state index in [1.807, 2.05) is 6.92 Å². The molecular formula is C11H18ClNO2S2. The van der Waals surface area contributed by atoms with E-state index in [2.05, 4.69) is 18.6 Å². The second-order valence-corrected chi connectivity index (χ2v) is 8.21. The van der Waals surface area contributed by atoms with Crippen LogP contribution in [0, 0.1) is 5.92 Å². The second kappa shape index (κ2) is 6.18. The summed E-state index contributed by atoms with van der Waals surface area (Å²) in [4.78, 5) is 0. The number of halogens is 1. The van der Waals surface area contributed by atoms with Gasteiger partial charge in [-0.1, -0.05) is 25.4 Å². The Morgan fingerprint density at radius 2 is 1.94 bits per heavy atom. The van der Waals surface area contributed by atoms with Gasteiger partial charge in [0.1, 0.15) is 4.21 Å². The monoisotopic (exact) mass is 295 g/mol. The second-order valence-electron chi connectivity index (χ2n) is 4.55. The molecule has 0 saturated carbocycles. The quantitative estimate of drug-likeness (QED) is 0.873. The molecule has 0 radical (unpaired) electrons. The predicted octanol–water partition coefficient (Wildman–Crippen LogP) is 3.50. The molecule has 1 unspecified atom stereocenters.